The lowest BCUT2D eigenvalue weighted by atomic mass is 10.00. The van der Waals surface area contributed by atoms with Gasteiger partial charge in [0, 0.05) is 6.54 Å². The van der Waals surface area contributed by atoms with Gasteiger partial charge in [-0.1, -0.05) is 0 Å². The van der Waals surface area contributed by atoms with Crippen molar-refractivity contribution in [3.63, 3.8) is 0 Å². The molecule has 3 atom stereocenters. The van der Waals surface area contributed by atoms with Gasteiger partial charge < -0.3 is 15.2 Å². The first-order chi connectivity index (χ1) is 6.88. The lowest BCUT2D eigenvalue weighted by Gasteiger charge is -2.37. The number of carbonyl (C=O) groups excluding carboxylic acids is 1. The summed E-state index contributed by atoms with van der Waals surface area (Å²) in [6.45, 7) is 6.65. The Kier molecular flexibility index (Phi) is 2.39. The molecular weight excluding hydrogens is 196 g/mol. The summed E-state index contributed by atoms with van der Waals surface area (Å²) in [4.78, 5) is 13.4. The number of nitrogens with zero attached hydrogens (tertiary/aromatic N) is 1. The molecule has 15 heavy (non-hydrogen) atoms. The number of ether oxygens (including phenoxy) is 1. The van der Waals surface area contributed by atoms with Crippen molar-refractivity contribution in [1.82, 2.24) is 10.2 Å². The highest BCUT2D eigenvalue weighted by Crippen LogP contribution is 2.26. The predicted molar refractivity (Wildman–Crippen MR) is 54.5 cm³/mol. The maximum Gasteiger partial charge on any atom is 0.410 e. The van der Waals surface area contributed by atoms with Gasteiger partial charge in [0.1, 0.15) is 5.60 Å². The molecule has 0 aromatic heterocycles. The van der Waals surface area contributed by atoms with E-state index in [9.17, 15) is 9.90 Å². The van der Waals surface area contributed by atoms with Crippen LogP contribution in [0.5, 0.6) is 0 Å². The van der Waals surface area contributed by atoms with Gasteiger partial charge in [0.25, 0.3) is 0 Å². The monoisotopic (exact) mass is 214 g/mol. The van der Waals surface area contributed by atoms with E-state index in [1.165, 1.54) is 0 Å². The highest BCUT2D eigenvalue weighted by Gasteiger charge is 2.49. The van der Waals surface area contributed by atoms with E-state index in [-0.39, 0.29) is 18.2 Å². The minimum Gasteiger partial charge on any atom is -0.444 e. The van der Waals surface area contributed by atoms with Crippen molar-refractivity contribution in [3.05, 3.63) is 0 Å². The summed E-state index contributed by atoms with van der Waals surface area (Å²) in [6.07, 6.45) is -0.785. The van der Waals surface area contributed by atoms with E-state index >= 15 is 0 Å². The molecule has 2 saturated heterocycles. The molecule has 0 saturated carbocycles. The molecule has 2 fully saturated rings. The largest absolute Gasteiger partial charge is 0.444 e. The van der Waals surface area contributed by atoms with E-state index in [2.05, 4.69) is 5.32 Å². The van der Waals surface area contributed by atoms with E-state index in [1.54, 1.807) is 4.90 Å². The van der Waals surface area contributed by atoms with E-state index in [4.69, 9.17) is 4.74 Å². The Bertz CT molecular complexity index is 274. The molecule has 0 unspecified atom stereocenters. The lowest BCUT2D eigenvalue weighted by Crippen LogP contribution is -2.62. The van der Waals surface area contributed by atoms with Crippen LogP contribution in [0.3, 0.4) is 0 Å². The Labute approximate surface area is 89.4 Å². The van der Waals surface area contributed by atoms with Crippen LogP contribution in [0.25, 0.3) is 0 Å². The average Bonchev–Trinajstić information content (AvgIpc) is 2.17. The number of nitrogens with one attached hydrogen (secondary N) is 1. The number of β-amino-alcohol motifs (C(OH)–C–C–N with tert-alkyl or cyclic N) is 1. The van der Waals surface area contributed by atoms with Crippen LogP contribution in [0.1, 0.15) is 20.8 Å². The van der Waals surface area contributed by atoms with Crippen molar-refractivity contribution in [2.75, 3.05) is 13.1 Å². The maximum absolute atomic E-state index is 11.8. The summed E-state index contributed by atoms with van der Waals surface area (Å²) in [5.41, 5.74) is -0.475. The molecule has 0 bridgehead atoms. The maximum atomic E-state index is 11.8. The molecule has 2 aliphatic rings. The first-order valence-electron chi connectivity index (χ1n) is 5.29. The van der Waals surface area contributed by atoms with E-state index in [1.807, 2.05) is 20.8 Å². The molecule has 2 rings (SSSR count). The van der Waals surface area contributed by atoms with Crippen LogP contribution in [0.15, 0.2) is 0 Å². The van der Waals surface area contributed by atoms with Gasteiger partial charge >= 0.3 is 6.09 Å². The van der Waals surface area contributed by atoms with Crippen LogP contribution in [0.4, 0.5) is 4.79 Å². The number of aliphatic hydroxyl groups is 1. The smallest absolute Gasteiger partial charge is 0.410 e. The normalized spacial score (nSPS) is 34.7. The van der Waals surface area contributed by atoms with Crippen LogP contribution < -0.4 is 5.32 Å². The zero-order valence-corrected chi connectivity index (χ0v) is 9.36. The summed E-state index contributed by atoms with van der Waals surface area (Å²) >= 11 is 0. The molecule has 2 aliphatic heterocycles. The third-order valence-corrected chi connectivity index (χ3v) is 2.80. The Morgan fingerprint density at radius 3 is 2.60 bits per heavy atom. The van der Waals surface area contributed by atoms with Crippen molar-refractivity contribution < 1.29 is 14.6 Å². The van der Waals surface area contributed by atoms with Gasteiger partial charge in [0.2, 0.25) is 0 Å². The Morgan fingerprint density at radius 2 is 2.20 bits per heavy atom. The van der Waals surface area contributed by atoms with Gasteiger partial charge in [-0.25, -0.2) is 4.79 Å². The minimum atomic E-state index is -0.475. The summed E-state index contributed by atoms with van der Waals surface area (Å²) in [7, 11) is 0. The molecular formula is C10H18N2O3. The van der Waals surface area contributed by atoms with Crippen molar-refractivity contribution in [2.45, 2.75) is 44.6 Å². The minimum absolute atomic E-state index is 0.0394. The van der Waals surface area contributed by atoms with Gasteiger partial charge in [-0.2, -0.15) is 0 Å². The molecule has 0 spiro atoms. The highest BCUT2D eigenvalue weighted by atomic mass is 16.6. The number of hydrogen-bond acceptors (Lipinski definition) is 4. The molecule has 5 heteroatoms. The molecule has 0 aromatic carbocycles. The molecule has 0 radical (unpaired) electrons. The second-order valence-electron chi connectivity index (χ2n) is 5.20. The summed E-state index contributed by atoms with van der Waals surface area (Å²) in [6, 6.07) is 0.146. The summed E-state index contributed by atoms with van der Waals surface area (Å²) in [5.74, 6) is 0. The SMILES string of the molecule is CC(C)(C)OC(=O)N1C[C@H](O)[C@@H]2NC[C@@H]21. The Hall–Kier alpha value is -0.810. The standard InChI is InChI=1S/C10H18N2O3/c1-10(2,3)15-9(14)12-5-7(13)8-6(12)4-11-8/h6-8,11,13H,4-5H2,1-3H3/t6-,7-,8+/m0/s1. The van der Waals surface area contributed by atoms with E-state index < -0.39 is 11.7 Å². The zero-order chi connectivity index (χ0) is 11.2. The summed E-state index contributed by atoms with van der Waals surface area (Å²) < 4.78 is 5.27. The van der Waals surface area contributed by atoms with Crippen LogP contribution in [0, 0.1) is 0 Å². The molecule has 86 valence electrons. The van der Waals surface area contributed by atoms with Crippen LogP contribution in [-0.4, -0.2) is 53.0 Å². The van der Waals surface area contributed by atoms with Crippen molar-refractivity contribution in [3.8, 4) is 0 Å². The quantitative estimate of drug-likeness (QED) is 0.593. The van der Waals surface area contributed by atoms with Gasteiger partial charge in [-0.15, -0.1) is 0 Å². The fourth-order valence-electron chi connectivity index (χ4n) is 2.04. The number of carbonyl (C=O) groups is 1. The topological polar surface area (TPSA) is 61.8 Å². The molecule has 0 aromatic rings. The van der Waals surface area contributed by atoms with Gasteiger partial charge in [0.05, 0.1) is 24.7 Å². The molecule has 0 aliphatic carbocycles. The lowest BCUT2D eigenvalue weighted by molar-refractivity contribution is 0.0171. The molecule has 5 nitrogen and oxygen atoms in total. The van der Waals surface area contributed by atoms with Gasteiger partial charge in [-0.05, 0) is 20.8 Å². The van der Waals surface area contributed by atoms with Crippen molar-refractivity contribution in [2.24, 2.45) is 0 Å². The number of fused-ring (bicyclic) bond motifs is 1. The van der Waals surface area contributed by atoms with Crippen LogP contribution in [-0.2, 0) is 4.74 Å². The average molecular weight is 214 g/mol. The molecule has 1 amide bonds. The van der Waals surface area contributed by atoms with Gasteiger partial charge in [-0.3, -0.25) is 4.90 Å². The van der Waals surface area contributed by atoms with Gasteiger partial charge in [0.15, 0.2) is 0 Å². The fraction of sp³-hybridized carbons (Fsp3) is 0.900. The summed E-state index contributed by atoms with van der Waals surface area (Å²) in [5, 5.41) is 12.7. The number of amides is 1. The van der Waals surface area contributed by atoms with Crippen LogP contribution >= 0.6 is 0 Å². The van der Waals surface area contributed by atoms with Crippen molar-refractivity contribution >= 4 is 6.09 Å². The fourth-order valence-corrected chi connectivity index (χ4v) is 2.04. The Balaban J connectivity index is 1.97. The number of likely N-dealkylation sites (tertiary alicyclic amines) is 1. The van der Waals surface area contributed by atoms with Crippen molar-refractivity contribution in [1.29, 1.82) is 0 Å². The zero-order valence-electron chi connectivity index (χ0n) is 9.36. The first-order valence-corrected chi connectivity index (χ1v) is 5.29. The van der Waals surface area contributed by atoms with E-state index in [0.717, 1.165) is 6.54 Å². The van der Waals surface area contributed by atoms with Crippen LogP contribution in [0.2, 0.25) is 0 Å². The third-order valence-electron chi connectivity index (χ3n) is 2.80. The first kappa shape index (κ1) is 10.7. The second kappa shape index (κ2) is 3.35. The molecule has 2 heterocycles. The number of hydrogen-bond donors (Lipinski definition) is 2. The predicted octanol–water partition coefficient (Wildman–Crippen LogP) is -0.0616. The number of aliphatic hydroxyl groups excluding tert-OH is 1. The third kappa shape index (κ3) is 1.94. The Morgan fingerprint density at radius 1 is 1.53 bits per heavy atom. The van der Waals surface area contributed by atoms with E-state index in [0.29, 0.717) is 6.54 Å². The number of rotatable bonds is 0. The highest BCUT2D eigenvalue weighted by molar-refractivity contribution is 5.69. The molecule has 2 N–H and O–H groups in total. The second-order valence-corrected chi connectivity index (χ2v) is 5.20.